The molecule has 0 amide bonds. The van der Waals surface area contributed by atoms with Gasteiger partial charge in [0.25, 0.3) is 0 Å². The Morgan fingerprint density at radius 2 is 2.10 bits per heavy atom. The number of nitrogens with zero attached hydrogens (tertiary/aromatic N) is 3. The zero-order valence-corrected chi connectivity index (χ0v) is 12.0. The molecule has 1 N–H and O–H groups in total. The summed E-state index contributed by atoms with van der Waals surface area (Å²) in [5, 5.41) is 11.7. The third-order valence-corrected chi connectivity index (χ3v) is 3.50. The van der Waals surface area contributed by atoms with Crippen molar-refractivity contribution in [3.8, 4) is 11.5 Å². The van der Waals surface area contributed by atoms with E-state index in [2.05, 4.69) is 20.5 Å². The molecule has 1 saturated carbocycles. The van der Waals surface area contributed by atoms with E-state index in [1.807, 2.05) is 26.0 Å². The third-order valence-electron chi connectivity index (χ3n) is 3.50. The Labute approximate surface area is 118 Å². The quantitative estimate of drug-likeness (QED) is 0.818. The number of nitrogens with one attached hydrogen (secondary N) is 1. The highest BCUT2D eigenvalue weighted by Crippen LogP contribution is 2.21. The van der Waals surface area contributed by atoms with Crippen molar-refractivity contribution >= 4 is 0 Å². The fourth-order valence-corrected chi connectivity index (χ4v) is 2.21. The highest BCUT2D eigenvalue weighted by atomic mass is 16.4. The summed E-state index contributed by atoms with van der Waals surface area (Å²) >= 11 is 0. The van der Waals surface area contributed by atoms with E-state index in [9.17, 15) is 0 Å². The SMILES string of the molecule is Cc1ccc(-c2nnc(CCCNC3CC3)o2)c(C)n1. The van der Waals surface area contributed by atoms with Gasteiger partial charge in [-0.2, -0.15) is 0 Å². The maximum absolute atomic E-state index is 5.72. The van der Waals surface area contributed by atoms with Gasteiger partial charge >= 0.3 is 0 Å². The zero-order chi connectivity index (χ0) is 13.9. The summed E-state index contributed by atoms with van der Waals surface area (Å²) in [5.74, 6) is 1.28. The molecular formula is C15H20N4O. The van der Waals surface area contributed by atoms with Crippen molar-refractivity contribution in [2.24, 2.45) is 0 Å². The topological polar surface area (TPSA) is 63.8 Å². The molecule has 1 aliphatic carbocycles. The van der Waals surface area contributed by atoms with E-state index in [1.165, 1.54) is 12.8 Å². The van der Waals surface area contributed by atoms with Crippen LogP contribution in [0.2, 0.25) is 0 Å². The molecule has 1 fully saturated rings. The molecule has 0 bridgehead atoms. The Morgan fingerprint density at radius 3 is 2.85 bits per heavy atom. The minimum absolute atomic E-state index is 0.570. The second kappa shape index (κ2) is 5.71. The molecule has 0 unspecified atom stereocenters. The van der Waals surface area contributed by atoms with Crippen molar-refractivity contribution in [2.45, 2.75) is 45.6 Å². The lowest BCUT2D eigenvalue weighted by Crippen LogP contribution is -2.17. The van der Waals surface area contributed by atoms with E-state index in [4.69, 9.17) is 4.42 Å². The lowest BCUT2D eigenvalue weighted by Gasteiger charge is -2.01. The first kappa shape index (κ1) is 13.2. The summed E-state index contributed by atoms with van der Waals surface area (Å²) in [4.78, 5) is 4.42. The van der Waals surface area contributed by atoms with Gasteiger partial charge in [0.2, 0.25) is 11.8 Å². The van der Waals surface area contributed by atoms with Gasteiger partial charge in [-0.15, -0.1) is 10.2 Å². The van der Waals surface area contributed by atoms with E-state index in [0.717, 1.165) is 42.4 Å². The number of hydrogen-bond donors (Lipinski definition) is 1. The van der Waals surface area contributed by atoms with Crippen LogP contribution in [0.1, 0.15) is 36.5 Å². The number of hydrogen-bond acceptors (Lipinski definition) is 5. The monoisotopic (exact) mass is 272 g/mol. The molecule has 106 valence electrons. The first-order valence-corrected chi connectivity index (χ1v) is 7.23. The van der Waals surface area contributed by atoms with Gasteiger partial charge in [-0.1, -0.05) is 0 Å². The van der Waals surface area contributed by atoms with Crippen LogP contribution < -0.4 is 5.32 Å². The summed E-state index contributed by atoms with van der Waals surface area (Å²) in [7, 11) is 0. The van der Waals surface area contributed by atoms with Crippen LogP contribution in [0.15, 0.2) is 16.5 Å². The van der Waals surface area contributed by atoms with Crippen LogP contribution in [-0.4, -0.2) is 27.8 Å². The summed E-state index contributed by atoms with van der Waals surface area (Å²) in [6.07, 6.45) is 4.50. The Kier molecular flexibility index (Phi) is 3.78. The van der Waals surface area contributed by atoms with Gasteiger partial charge in [0, 0.05) is 18.2 Å². The van der Waals surface area contributed by atoms with Gasteiger partial charge in [0.15, 0.2) is 0 Å². The van der Waals surface area contributed by atoms with Crippen LogP contribution >= 0.6 is 0 Å². The van der Waals surface area contributed by atoms with Gasteiger partial charge in [-0.25, -0.2) is 0 Å². The van der Waals surface area contributed by atoms with Crippen molar-refractivity contribution in [1.29, 1.82) is 0 Å². The predicted octanol–water partition coefficient (Wildman–Crippen LogP) is 2.43. The van der Waals surface area contributed by atoms with Gasteiger partial charge in [-0.05, 0) is 51.8 Å². The Balaban J connectivity index is 1.60. The van der Waals surface area contributed by atoms with E-state index >= 15 is 0 Å². The molecule has 3 rings (SSSR count). The minimum atomic E-state index is 0.570. The summed E-state index contributed by atoms with van der Waals surface area (Å²) in [5.41, 5.74) is 2.85. The number of aromatic nitrogens is 3. The smallest absolute Gasteiger partial charge is 0.249 e. The molecule has 5 heteroatoms. The van der Waals surface area contributed by atoms with E-state index in [0.29, 0.717) is 11.8 Å². The largest absolute Gasteiger partial charge is 0.421 e. The summed E-state index contributed by atoms with van der Waals surface area (Å²) in [6.45, 7) is 4.96. The van der Waals surface area contributed by atoms with Gasteiger partial charge in [0.1, 0.15) is 0 Å². The van der Waals surface area contributed by atoms with Crippen LogP contribution in [0.25, 0.3) is 11.5 Å². The molecule has 20 heavy (non-hydrogen) atoms. The average molecular weight is 272 g/mol. The lowest BCUT2D eigenvalue weighted by atomic mass is 10.2. The van der Waals surface area contributed by atoms with Gasteiger partial charge in [0.05, 0.1) is 11.3 Å². The van der Waals surface area contributed by atoms with Crippen molar-refractivity contribution in [1.82, 2.24) is 20.5 Å². The van der Waals surface area contributed by atoms with E-state index < -0.39 is 0 Å². The van der Waals surface area contributed by atoms with Crippen LogP contribution in [0.5, 0.6) is 0 Å². The molecule has 0 radical (unpaired) electrons. The minimum Gasteiger partial charge on any atom is -0.421 e. The van der Waals surface area contributed by atoms with Crippen molar-refractivity contribution in [3.05, 3.63) is 29.4 Å². The molecule has 2 aromatic heterocycles. The first-order chi connectivity index (χ1) is 9.72. The molecule has 0 aromatic carbocycles. The molecule has 0 saturated heterocycles. The highest BCUT2D eigenvalue weighted by Gasteiger charge is 2.19. The predicted molar refractivity (Wildman–Crippen MR) is 76.3 cm³/mol. The number of rotatable bonds is 6. The number of pyridine rings is 1. The van der Waals surface area contributed by atoms with Crippen molar-refractivity contribution in [3.63, 3.8) is 0 Å². The van der Waals surface area contributed by atoms with Crippen LogP contribution in [0, 0.1) is 13.8 Å². The van der Waals surface area contributed by atoms with Crippen LogP contribution in [0.4, 0.5) is 0 Å². The fourth-order valence-electron chi connectivity index (χ4n) is 2.21. The standard InChI is InChI=1S/C15H20N4O/c1-10-5-8-13(11(2)17-10)15-19-18-14(20-15)4-3-9-16-12-6-7-12/h5,8,12,16H,3-4,6-7,9H2,1-2H3. The summed E-state index contributed by atoms with van der Waals surface area (Å²) < 4.78 is 5.72. The number of aryl methyl sites for hydroxylation is 3. The molecule has 0 spiro atoms. The molecule has 5 nitrogen and oxygen atoms in total. The average Bonchev–Trinajstić information content (AvgIpc) is 3.13. The fraction of sp³-hybridized carbons (Fsp3) is 0.533. The Bertz CT molecular complexity index is 589. The molecule has 1 aliphatic rings. The molecule has 2 aromatic rings. The molecule has 0 atom stereocenters. The first-order valence-electron chi connectivity index (χ1n) is 7.23. The molecule has 2 heterocycles. The van der Waals surface area contributed by atoms with E-state index in [1.54, 1.807) is 0 Å². The third kappa shape index (κ3) is 3.22. The molecule has 0 aliphatic heterocycles. The van der Waals surface area contributed by atoms with Crippen LogP contribution in [-0.2, 0) is 6.42 Å². The van der Waals surface area contributed by atoms with Gasteiger partial charge < -0.3 is 9.73 Å². The van der Waals surface area contributed by atoms with Crippen molar-refractivity contribution < 1.29 is 4.42 Å². The summed E-state index contributed by atoms with van der Waals surface area (Å²) in [6, 6.07) is 4.71. The lowest BCUT2D eigenvalue weighted by molar-refractivity contribution is 0.490. The van der Waals surface area contributed by atoms with Gasteiger partial charge in [-0.3, -0.25) is 4.98 Å². The second-order valence-electron chi connectivity index (χ2n) is 5.42. The van der Waals surface area contributed by atoms with Crippen LogP contribution in [0.3, 0.4) is 0 Å². The van der Waals surface area contributed by atoms with Crippen molar-refractivity contribution in [2.75, 3.05) is 6.54 Å². The van der Waals surface area contributed by atoms with E-state index in [-0.39, 0.29) is 0 Å². The molecular weight excluding hydrogens is 252 g/mol. The highest BCUT2D eigenvalue weighted by molar-refractivity contribution is 5.55. The Morgan fingerprint density at radius 1 is 1.25 bits per heavy atom. The zero-order valence-electron chi connectivity index (χ0n) is 12.0. The Hall–Kier alpha value is -1.75. The maximum atomic E-state index is 5.72. The second-order valence-corrected chi connectivity index (χ2v) is 5.42. The maximum Gasteiger partial charge on any atom is 0.249 e. The normalized spacial score (nSPS) is 14.7.